The summed E-state index contributed by atoms with van der Waals surface area (Å²) in [5.74, 6) is 2.43. The van der Waals surface area contributed by atoms with Crippen LogP contribution in [0.3, 0.4) is 0 Å². The van der Waals surface area contributed by atoms with Crippen LogP contribution in [0.2, 0.25) is 0 Å². The smallest absolute Gasteiger partial charge is 0.248 e. The van der Waals surface area contributed by atoms with Gasteiger partial charge < -0.3 is 10.4 Å². The van der Waals surface area contributed by atoms with Crippen LogP contribution in [0.4, 0.5) is 0 Å². The zero-order valence-electron chi connectivity index (χ0n) is 19.7. The molecule has 6 nitrogen and oxygen atoms in total. The van der Waals surface area contributed by atoms with Gasteiger partial charge in [-0.05, 0) is 106 Å². The van der Waals surface area contributed by atoms with Crippen LogP contribution in [-0.2, 0) is 14.8 Å². The van der Waals surface area contributed by atoms with Crippen LogP contribution in [0.15, 0.2) is 29.2 Å². The number of hydrogen-bond donors (Lipinski definition) is 2. The van der Waals surface area contributed by atoms with Gasteiger partial charge >= 0.3 is 0 Å². The number of benzene rings is 1. The number of piperidine rings is 1. The van der Waals surface area contributed by atoms with Crippen molar-refractivity contribution in [3.8, 4) is 0 Å². The number of nitrogens with zero attached hydrogens (tertiary/aromatic N) is 1. The average molecular weight is 475 g/mol. The summed E-state index contributed by atoms with van der Waals surface area (Å²) in [6, 6.07) is 6.98. The second kappa shape index (κ2) is 8.97. The monoisotopic (exact) mass is 474 g/mol. The Hall–Kier alpha value is -1.44. The van der Waals surface area contributed by atoms with Crippen LogP contribution < -0.4 is 5.32 Å². The molecule has 1 aromatic carbocycles. The topological polar surface area (TPSA) is 86.7 Å². The minimum Gasteiger partial charge on any atom is -0.383 e. The van der Waals surface area contributed by atoms with Gasteiger partial charge in [-0.1, -0.05) is 17.7 Å². The molecule has 0 spiro atoms. The number of hydrogen-bond acceptors (Lipinski definition) is 4. The van der Waals surface area contributed by atoms with E-state index in [9.17, 15) is 18.3 Å². The van der Waals surface area contributed by atoms with E-state index in [-0.39, 0.29) is 17.2 Å². The molecule has 182 valence electrons. The molecule has 1 aromatic rings. The van der Waals surface area contributed by atoms with Crippen molar-refractivity contribution in [2.24, 2.45) is 29.1 Å². The lowest BCUT2D eigenvalue weighted by Gasteiger charge is -2.57. The van der Waals surface area contributed by atoms with Crippen molar-refractivity contribution in [1.82, 2.24) is 9.62 Å². The van der Waals surface area contributed by atoms with E-state index in [0.717, 1.165) is 36.2 Å². The number of aliphatic hydroxyl groups is 1. The minimum absolute atomic E-state index is 0.182. The van der Waals surface area contributed by atoms with Crippen LogP contribution in [0.25, 0.3) is 0 Å². The molecule has 0 aromatic heterocycles. The number of amides is 1. The first kappa shape index (κ1) is 23.3. The predicted molar refractivity (Wildman–Crippen MR) is 127 cm³/mol. The van der Waals surface area contributed by atoms with E-state index in [4.69, 9.17) is 0 Å². The molecule has 1 saturated heterocycles. The zero-order chi connectivity index (χ0) is 23.2. The van der Waals surface area contributed by atoms with Crippen molar-refractivity contribution in [3.05, 3.63) is 29.8 Å². The second-order valence-corrected chi connectivity index (χ2v) is 13.5. The summed E-state index contributed by atoms with van der Waals surface area (Å²) in [4.78, 5) is 13.0. The quantitative estimate of drug-likeness (QED) is 0.633. The van der Waals surface area contributed by atoms with E-state index < -0.39 is 16.1 Å². The Morgan fingerprint density at radius 2 is 1.61 bits per heavy atom. The summed E-state index contributed by atoms with van der Waals surface area (Å²) in [7, 11) is -3.47. The van der Waals surface area contributed by atoms with Gasteiger partial charge in [-0.15, -0.1) is 0 Å². The number of carbonyl (C=O) groups is 1. The van der Waals surface area contributed by atoms with E-state index in [0.29, 0.717) is 31.0 Å². The Balaban J connectivity index is 1.09. The number of rotatable bonds is 7. The van der Waals surface area contributed by atoms with Crippen molar-refractivity contribution in [3.63, 3.8) is 0 Å². The molecule has 6 rings (SSSR count). The second-order valence-electron chi connectivity index (χ2n) is 11.5. The Kier molecular flexibility index (Phi) is 6.34. The molecule has 5 aliphatic rings. The lowest BCUT2D eigenvalue weighted by Crippen LogP contribution is -2.49. The first-order valence-corrected chi connectivity index (χ1v) is 14.2. The third kappa shape index (κ3) is 4.87. The van der Waals surface area contributed by atoms with Gasteiger partial charge in [-0.3, -0.25) is 4.79 Å². The standard InChI is InChI=1S/C26H38N2O4S/c1-18-2-4-23(5-3-18)33(31,32)28-8-6-19(7-9-28)17-27-25(30)24(29)16-26-13-20-10-21(14-26)12-22(11-20)15-26/h2-5,19-22,24,29H,6-17H2,1H3,(H,27,30). The molecule has 0 radical (unpaired) electrons. The van der Waals surface area contributed by atoms with Gasteiger partial charge in [0.25, 0.3) is 0 Å². The molecule has 7 heteroatoms. The van der Waals surface area contributed by atoms with E-state index in [1.165, 1.54) is 38.5 Å². The molecule has 1 atom stereocenters. The third-order valence-corrected chi connectivity index (χ3v) is 10.8. The highest BCUT2D eigenvalue weighted by Crippen LogP contribution is 2.61. The Morgan fingerprint density at radius 1 is 1.06 bits per heavy atom. The maximum atomic E-state index is 12.9. The molecule has 2 N–H and O–H groups in total. The molecule has 1 amide bonds. The molecule has 4 saturated carbocycles. The van der Waals surface area contributed by atoms with Crippen molar-refractivity contribution >= 4 is 15.9 Å². The lowest BCUT2D eigenvalue weighted by atomic mass is 9.48. The van der Waals surface area contributed by atoms with Gasteiger partial charge in [0.2, 0.25) is 15.9 Å². The molecule has 1 unspecified atom stereocenters. The Labute approximate surface area is 198 Å². The molecular formula is C26H38N2O4S. The van der Waals surface area contributed by atoms with Crippen LogP contribution in [0, 0.1) is 36.0 Å². The highest BCUT2D eigenvalue weighted by molar-refractivity contribution is 7.89. The van der Waals surface area contributed by atoms with Gasteiger partial charge in [0.05, 0.1) is 4.90 Å². The first-order chi connectivity index (χ1) is 15.7. The summed E-state index contributed by atoms with van der Waals surface area (Å²) in [6.45, 7) is 3.38. The number of nitrogens with one attached hydrogen (secondary N) is 1. The van der Waals surface area contributed by atoms with E-state index in [2.05, 4.69) is 5.32 Å². The minimum atomic E-state index is -3.47. The van der Waals surface area contributed by atoms with Gasteiger partial charge in [0, 0.05) is 19.6 Å². The normalized spacial score (nSPS) is 33.2. The van der Waals surface area contributed by atoms with Crippen LogP contribution >= 0.6 is 0 Å². The highest BCUT2D eigenvalue weighted by Gasteiger charge is 2.51. The van der Waals surface area contributed by atoms with Crippen LogP contribution in [0.1, 0.15) is 63.4 Å². The van der Waals surface area contributed by atoms with Gasteiger partial charge in [-0.2, -0.15) is 4.31 Å². The number of sulfonamides is 1. The van der Waals surface area contributed by atoms with E-state index in [1.54, 1.807) is 16.4 Å². The fraction of sp³-hybridized carbons (Fsp3) is 0.731. The maximum absolute atomic E-state index is 12.9. The molecular weight excluding hydrogens is 436 g/mol. The van der Waals surface area contributed by atoms with Crippen LogP contribution in [-0.4, -0.2) is 49.5 Å². The van der Waals surface area contributed by atoms with Crippen molar-refractivity contribution in [2.75, 3.05) is 19.6 Å². The fourth-order valence-corrected chi connectivity index (χ4v) is 9.09. The molecule has 4 aliphatic carbocycles. The predicted octanol–water partition coefficient (Wildman–Crippen LogP) is 3.48. The summed E-state index contributed by atoms with van der Waals surface area (Å²) >= 11 is 0. The molecule has 5 fully saturated rings. The average Bonchev–Trinajstić information content (AvgIpc) is 2.77. The molecule has 4 bridgehead atoms. The fourth-order valence-electron chi connectivity index (χ4n) is 7.62. The third-order valence-electron chi connectivity index (χ3n) is 8.89. The number of aliphatic hydroxyl groups excluding tert-OH is 1. The van der Waals surface area contributed by atoms with Crippen molar-refractivity contribution in [1.29, 1.82) is 0 Å². The largest absolute Gasteiger partial charge is 0.383 e. The Bertz CT molecular complexity index is 931. The first-order valence-electron chi connectivity index (χ1n) is 12.7. The van der Waals surface area contributed by atoms with Crippen LogP contribution in [0.5, 0.6) is 0 Å². The summed E-state index contributed by atoms with van der Waals surface area (Å²) < 4.78 is 27.3. The van der Waals surface area contributed by atoms with Crippen molar-refractivity contribution < 1.29 is 18.3 Å². The summed E-state index contributed by atoms with van der Waals surface area (Å²) in [5.41, 5.74) is 1.22. The zero-order valence-corrected chi connectivity index (χ0v) is 20.5. The summed E-state index contributed by atoms with van der Waals surface area (Å²) in [6.07, 6.45) is 8.77. The SMILES string of the molecule is Cc1ccc(S(=O)(=O)N2CCC(CNC(=O)C(O)CC34CC5CC(CC(C5)C3)C4)CC2)cc1. The van der Waals surface area contributed by atoms with Crippen molar-refractivity contribution in [2.45, 2.75) is 75.7 Å². The number of aryl methyl sites for hydroxylation is 1. The van der Waals surface area contributed by atoms with E-state index in [1.807, 2.05) is 19.1 Å². The maximum Gasteiger partial charge on any atom is 0.248 e. The Morgan fingerprint density at radius 3 is 2.15 bits per heavy atom. The molecule has 33 heavy (non-hydrogen) atoms. The molecule has 1 aliphatic heterocycles. The summed E-state index contributed by atoms with van der Waals surface area (Å²) in [5, 5.41) is 13.7. The van der Waals surface area contributed by atoms with Gasteiger partial charge in [-0.25, -0.2) is 8.42 Å². The molecule has 1 heterocycles. The van der Waals surface area contributed by atoms with E-state index >= 15 is 0 Å². The van der Waals surface area contributed by atoms with Gasteiger partial charge in [0.15, 0.2) is 0 Å². The lowest BCUT2D eigenvalue weighted by molar-refractivity contribution is -0.135. The number of carbonyl (C=O) groups excluding carboxylic acids is 1. The van der Waals surface area contributed by atoms with Gasteiger partial charge in [0.1, 0.15) is 6.10 Å². The highest BCUT2D eigenvalue weighted by atomic mass is 32.2.